The summed E-state index contributed by atoms with van der Waals surface area (Å²) in [5.74, 6) is 0. The molecule has 8 nitrogen and oxygen atoms in total. The third-order valence-electron chi connectivity index (χ3n) is 3.83. The first-order chi connectivity index (χ1) is 12.5. The second kappa shape index (κ2) is 8.11. The Labute approximate surface area is 157 Å². The van der Waals surface area contributed by atoms with Crippen LogP contribution in [0.4, 0.5) is 10.0 Å². The van der Waals surface area contributed by atoms with Crippen LogP contribution < -0.4 is 0 Å². The van der Waals surface area contributed by atoms with E-state index in [9.17, 15) is 20.2 Å². The molecule has 1 fully saturated rings. The molecule has 0 atom stereocenters. The first kappa shape index (κ1) is 18.1. The molecule has 0 saturated carbocycles. The molecule has 0 unspecified atom stereocenters. The number of nitrogens with zero attached hydrogens (tertiary/aromatic N) is 4. The van der Waals surface area contributed by atoms with Gasteiger partial charge in [0.05, 0.1) is 9.85 Å². The van der Waals surface area contributed by atoms with E-state index >= 15 is 0 Å². The second-order valence-corrected chi connectivity index (χ2v) is 7.76. The molecule has 3 heterocycles. The van der Waals surface area contributed by atoms with Gasteiger partial charge >= 0.3 is 10.0 Å². The van der Waals surface area contributed by atoms with Crippen molar-refractivity contribution in [1.29, 1.82) is 0 Å². The van der Waals surface area contributed by atoms with Crippen molar-refractivity contribution in [1.82, 2.24) is 9.80 Å². The lowest BCUT2D eigenvalue weighted by Gasteiger charge is -2.33. The summed E-state index contributed by atoms with van der Waals surface area (Å²) in [6, 6.07) is 6.53. The Balaban J connectivity index is 1.48. The lowest BCUT2D eigenvalue weighted by Crippen LogP contribution is -2.41. The molecule has 136 valence electrons. The molecular weight excluding hydrogens is 376 g/mol. The van der Waals surface area contributed by atoms with Crippen molar-refractivity contribution in [2.45, 2.75) is 0 Å². The topological polar surface area (TPSA) is 92.8 Å². The monoisotopic (exact) mass is 392 g/mol. The van der Waals surface area contributed by atoms with Crippen molar-refractivity contribution in [3.63, 3.8) is 0 Å². The van der Waals surface area contributed by atoms with E-state index in [1.54, 1.807) is 12.1 Å². The third kappa shape index (κ3) is 4.67. The number of hydrogen-bond donors (Lipinski definition) is 0. The summed E-state index contributed by atoms with van der Waals surface area (Å²) in [4.78, 5) is 26.7. The standard InChI is InChI=1S/C16H16N4O4S2/c21-19(22)15-3-1-13(25-15)5-7-17-9-11-18(12-10-17)8-6-14-2-4-16(26-14)20(23)24/h1-8H,9-12H2/b7-5+,8-6+. The summed E-state index contributed by atoms with van der Waals surface area (Å²) in [6.45, 7) is 3.38. The zero-order valence-electron chi connectivity index (χ0n) is 13.7. The zero-order valence-corrected chi connectivity index (χ0v) is 15.3. The van der Waals surface area contributed by atoms with E-state index in [-0.39, 0.29) is 19.8 Å². The van der Waals surface area contributed by atoms with Crippen LogP contribution in [0.15, 0.2) is 36.7 Å². The minimum Gasteiger partial charge on any atom is -0.374 e. The quantitative estimate of drug-likeness (QED) is 0.547. The van der Waals surface area contributed by atoms with Crippen LogP contribution in [0.1, 0.15) is 9.75 Å². The zero-order chi connectivity index (χ0) is 18.5. The van der Waals surface area contributed by atoms with Gasteiger partial charge in [-0.25, -0.2) is 0 Å². The molecule has 0 radical (unpaired) electrons. The van der Waals surface area contributed by atoms with Crippen LogP contribution in [0.2, 0.25) is 0 Å². The van der Waals surface area contributed by atoms with E-state index in [1.165, 1.54) is 12.1 Å². The number of hydrogen-bond acceptors (Lipinski definition) is 8. The summed E-state index contributed by atoms with van der Waals surface area (Å²) in [6.07, 6.45) is 7.74. The van der Waals surface area contributed by atoms with Crippen LogP contribution in [0.5, 0.6) is 0 Å². The molecule has 3 rings (SSSR count). The molecule has 0 spiro atoms. The highest BCUT2D eigenvalue weighted by Crippen LogP contribution is 2.26. The van der Waals surface area contributed by atoms with Crippen LogP contribution in [-0.2, 0) is 0 Å². The fraction of sp³-hybridized carbons (Fsp3) is 0.250. The fourth-order valence-corrected chi connectivity index (χ4v) is 3.89. The van der Waals surface area contributed by atoms with Crippen molar-refractivity contribution in [3.8, 4) is 0 Å². The van der Waals surface area contributed by atoms with E-state index in [4.69, 9.17) is 0 Å². The Hall–Kier alpha value is -2.72. The Kier molecular flexibility index (Phi) is 5.64. The molecule has 1 aliphatic heterocycles. The van der Waals surface area contributed by atoms with E-state index in [0.717, 1.165) is 58.6 Å². The van der Waals surface area contributed by atoms with Gasteiger partial charge in [0.25, 0.3) is 0 Å². The minimum absolute atomic E-state index is 0.147. The largest absolute Gasteiger partial charge is 0.374 e. The highest BCUT2D eigenvalue weighted by molar-refractivity contribution is 7.16. The lowest BCUT2D eigenvalue weighted by atomic mass is 10.3. The number of piperazine rings is 1. The van der Waals surface area contributed by atoms with Crippen molar-refractivity contribution in [2.24, 2.45) is 0 Å². The summed E-state index contributed by atoms with van der Waals surface area (Å²) in [5, 5.41) is 21.7. The number of nitro groups is 2. The Bertz CT molecular complexity index is 780. The Morgan fingerprint density at radius 2 is 1.15 bits per heavy atom. The summed E-state index contributed by atoms with van der Waals surface area (Å²) in [7, 11) is 0. The molecular formula is C16H16N4O4S2. The van der Waals surface area contributed by atoms with Gasteiger partial charge in [-0.2, -0.15) is 0 Å². The predicted octanol–water partition coefficient (Wildman–Crippen LogP) is 3.89. The fourth-order valence-electron chi connectivity index (χ4n) is 2.45. The van der Waals surface area contributed by atoms with Crippen LogP contribution in [0.3, 0.4) is 0 Å². The minimum atomic E-state index is -0.380. The van der Waals surface area contributed by atoms with Gasteiger partial charge in [-0.15, -0.1) is 0 Å². The SMILES string of the molecule is O=[N+]([O-])c1ccc(/C=C/N2CCN(/C=C/c3ccc([N+](=O)[O-])s3)CC2)s1. The molecule has 1 aliphatic rings. The molecule has 10 heteroatoms. The van der Waals surface area contributed by atoms with Gasteiger partial charge in [-0.1, -0.05) is 22.7 Å². The highest BCUT2D eigenvalue weighted by Gasteiger charge is 2.13. The number of rotatable bonds is 6. The second-order valence-electron chi connectivity index (χ2n) is 5.57. The van der Waals surface area contributed by atoms with Gasteiger partial charge in [0.2, 0.25) is 0 Å². The maximum absolute atomic E-state index is 10.7. The molecule has 2 aromatic rings. The van der Waals surface area contributed by atoms with Crippen LogP contribution in [0, 0.1) is 20.2 Å². The predicted molar refractivity (Wildman–Crippen MR) is 103 cm³/mol. The van der Waals surface area contributed by atoms with Gasteiger partial charge in [0, 0.05) is 60.5 Å². The van der Waals surface area contributed by atoms with E-state index in [0.29, 0.717) is 0 Å². The molecule has 0 amide bonds. The highest BCUT2D eigenvalue weighted by atomic mass is 32.1. The summed E-state index contributed by atoms with van der Waals surface area (Å²) < 4.78 is 0. The van der Waals surface area contributed by atoms with Gasteiger partial charge in [-0.05, 0) is 24.3 Å². The van der Waals surface area contributed by atoms with Gasteiger partial charge < -0.3 is 9.80 Å². The molecule has 0 bridgehead atoms. The van der Waals surface area contributed by atoms with E-state index in [2.05, 4.69) is 9.80 Å². The smallest absolute Gasteiger partial charge is 0.324 e. The van der Waals surface area contributed by atoms with E-state index in [1.807, 2.05) is 24.6 Å². The molecule has 0 aliphatic carbocycles. The first-order valence-corrected chi connectivity index (χ1v) is 9.47. The normalized spacial score (nSPS) is 15.2. The maximum atomic E-state index is 10.7. The van der Waals surface area contributed by atoms with Gasteiger partial charge in [0.15, 0.2) is 0 Å². The lowest BCUT2D eigenvalue weighted by molar-refractivity contribution is -0.380. The summed E-state index contributed by atoms with van der Waals surface area (Å²) in [5.41, 5.74) is 0. The van der Waals surface area contributed by atoms with Crippen LogP contribution in [-0.4, -0.2) is 45.8 Å². The van der Waals surface area contributed by atoms with Crippen molar-refractivity contribution < 1.29 is 9.85 Å². The third-order valence-corrected chi connectivity index (χ3v) is 5.84. The van der Waals surface area contributed by atoms with E-state index < -0.39 is 0 Å². The molecule has 0 N–H and O–H groups in total. The van der Waals surface area contributed by atoms with Gasteiger partial charge in [-0.3, -0.25) is 20.2 Å². The molecule has 1 saturated heterocycles. The van der Waals surface area contributed by atoms with Crippen molar-refractivity contribution in [2.75, 3.05) is 26.2 Å². The molecule has 26 heavy (non-hydrogen) atoms. The van der Waals surface area contributed by atoms with Crippen LogP contribution in [0.25, 0.3) is 12.2 Å². The Morgan fingerprint density at radius 1 is 0.769 bits per heavy atom. The Morgan fingerprint density at radius 3 is 1.46 bits per heavy atom. The van der Waals surface area contributed by atoms with Crippen molar-refractivity contribution in [3.05, 3.63) is 66.6 Å². The molecule has 2 aromatic heterocycles. The maximum Gasteiger partial charge on any atom is 0.324 e. The van der Waals surface area contributed by atoms with Crippen molar-refractivity contribution >= 4 is 44.8 Å². The van der Waals surface area contributed by atoms with Crippen LogP contribution >= 0.6 is 22.7 Å². The van der Waals surface area contributed by atoms with Gasteiger partial charge in [0.1, 0.15) is 0 Å². The first-order valence-electron chi connectivity index (χ1n) is 7.84. The summed E-state index contributed by atoms with van der Waals surface area (Å²) >= 11 is 2.32. The number of thiophene rings is 2. The average Bonchev–Trinajstić information content (AvgIpc) is 3.28. The molecule has 0 aromatic carbocycles. The average molecular weight is 392 g/mol.